The van der Waals surface area contributed by atoms with Crippen LogP contribution < -0.4 is 0 Å². The Balaban J connectivity index is 0.948. The Hall–Kier alpha value is -9.64. The average molecular weight is 917 g/mol. The molecule has 0 aliphatic carbocycles. The van der Waals surface area contributed by atoms with Crippen LogP contribution in [0.25, 0.3) is 175 Å². The predicted octanol–water partition coefficient (Wildman–Crippen LogP) is 20.1. The van der Waals surface area contributed by atoms with Gasteiger partial charge in [-0.15, -0.1) is 0 Å². The maximum Gasteiger partial charge on any atom is 0.143 e. The Kier molecular flexibility index (Phi) is 7.44. The molecule has 17 rings (SSSR count). The van der Waals surface area contributed by atoms with E-state index < -0.39 is 0 Å². The van der Waals surface area contributed by atoms with Gasteiger partial charge in [0, 0.05) is 70.6 Å². The predicted molar refractivity (Wildman–Crippen MR) is 299 cm³/mol. The monoisotopic (exact) mass is 916 g/mol. The van der Waals surface area contributed by atoms with Crippen molar-refractivity contribution in [1.82, 2.24) is 0 Å². The van der Waals surface area contributed by atoms with Crippen molar-refractivity contribution in [3.8, 4) is 33.4 Å². The highest BCUT2D eigenvalue weighted by atomic mass is 16.3. The van der Waals surface area contributed by atoms with Gasteiger partial charge in [0.05, 0.1) is 0 Å². The topological polar surface area (TPSA) is 52.6 Å². The molecule has 17 aromatic rings. The first-order valence-corrected chi connectivity index (χ1v) is 24.6. The summed E-state index contributed by atoms with van der Waals surface area (Å²) < 4.78 is 27.0. The van der Waals surface area contributed by atoms with Crippen LogP contribution in [0.5, 0.6) is 0 Å². The fourth-order valence-electron chi connectivity index (χ4n) is 12.7. The van der Waals surface area contributed by atoms with E-state index >= 15 is 0 Å². The molecule has 0 bridgehead atoms. The summed E-state index contributed by atoms with van der Waals surface area (Å²) in [6.07, 6.45) is 0. The van der Waals surface area contributed by atoms with Gasteiger partial charge in [-0.2, -0.15) is 0 Å². The lowest BCUT2D eigenvalue weighted by Crippen LogP contribution is -1.93. The van der Waals surface area contributed by atoms with Crippen molar-refractivity contribution in [1.29, 1.82) is 0 Å². The van der Waals surface area contributed by atoms with Gasteiger partial charge >= 0.3 is 0 Å². The molecule has 13 aromatic carbocycles. The Morgan fingerprint density at radius 2 is 0.528 bits per heavy atom. The lowest BCUT2D eigenvalue weighted by Gasteiger charge is -2.20. The Morgan fingerprint density at radius 3 is 1.00 bits per heavy atom. The van der Waals surface area contributed by atoms with Gasteiger partial charge in [-0.3, -0.25) is 0 Å². The minimum Gasteiger partial charge on any atom is -0.456 e. The first kappa shape index (κ1) is 38.2. The SMILES string of the molecule is c1ccc2c(c1)oc1ccc3cc(-c4ccc(-c5c6ccccc6c(-c6cc7ccc8oc9ccccc9c8c7c7c6oc6ccccc67)c6ccccc56)c5ccccc45)c4oc5ccccc5c4c3c12. The van der Waals surface area contributed by atoms with Crippen LogP contribution in [0.3, 0.4) is 0 Å². The summed E-state index contributed by atoms with van der Waals surface area (Å²) in [7, 11) is 0. The van der Waals surface area contributed by atoms with Gasteiger partial charge in [0.15, 0.2) is 0 Å². The van der Waals surface area contributed by atoms with Gasteiger partial charge < -0.3 is 17.7 Å². The fourth-order valence-corrected chi connectivity index (χ4v) is 12.7. The van der Waals surface area contributed by atoms with Crippen molar-refractivity contribution in [2.45, 2.75) is 0 Å². The van der Waals surface area contributed by atoms with E-state index in [4.69, 9.17) is 17.7 Å². The van der Waals surface area contributed by atoms with Crippen LogP contribution in [-0.4, -0.2) is 0 Å². The van der Waals surface area contributed by atoms with Crippen molar-refractivity contribution in [3.63, 3.8) is 0 Å². The molecule has 0 unspecified atom stereocenters. The third-order valence-electron chi connectivity index (χ3n) is 15.6. The third kappa shape index (κ3) is 4.99. The first-order valence-electron chi connectivity index (χ1n) is 24.6. The van der Waals surface area contributed by atoms with Crippen LogP contribution >= 0.6 is 0 Å². The van der Waals surface area contributed by atoms with E-state index in [2.05, 4.69) is 206 Å². The maximum atomic E-state index is 7.08. The zero-order valence-electron chi connectivity index (χ0n) is 38.4. The lowest BCUT2D eigenvalue weighted by molar-refractivity contribution is 0.668. The van der Waals surface area contributed by atoms with Gasteiger partial charge in [-0.25, -0.2) is 0 Å². The number of furan rings is 4. The normalized spacial score (nSPS) is 12.4. The minimum absolute atomic E-state index is 0.859. The number of rotatable bonds is 3. The van der Waals surface area contributed by atoms with Crippen molar-refractivity contribution in [2.75, 3.05) is 0 Å². The van der Waals surface area contributed by atoms with E-state index in [1.54, 1.807) is 0 Å². The van der Waals surface area contributed by atoms with Crippen LogP contribution in [0.1, 0.15) is 0 Å². The second-order valence-corrected chi connectivity index (χ2v) is 19.3. The molecule has 0 aliphatic rings. The van der Waals surface area contributed by atoms with Crippen LogP contribution in [0.15, 0.2) is 236 Å². The summed E-state index contributed by atoms with van der Waals surface area (Å²) in [5.74, 6) is 0. The molecular weight excluding hydrogens is 881 g/mol. The van der Waals surface area contributed by atoms with Crippen molar-refractivity contribution >= 4 is 142 Å². The van der Waals surface area contributed by atoms with Crippen LogP contribution in [0, 0.1) is 0 Å². The Morgan fingerprint density at radius 1 is 0.194 bits per heavy atom. The molecule has 0 amide bonds. The molecule has 4 heteroatoms. The van der Waals surface area contributed by atoms with Gasteiger partial charge in [0.2, 0.25) is 0 Å². The molecule has 4 nitrogen and oxygen atoms in total. The molecule has 0 atom stereocenters. The number of fused-ring (bicyclic) bond motifs is 21. The molecule has 72 heavy (non-hydrogen) atoms. The molecule has 0 N–H and O–H groups in total. The van der Waals surface area contributed by atoms with Crippen LogP contribution in [0.4, 0.5) is 0 Å². The number of hydrogen-bond acceptors (Lipinski definition) is 4. The van der Waals surface area contributed by atoms with E-state index in [9.17, 15) is 0 Å². The smallest absolute Gasteiger partial charge is 0.143 e. The van der Waals surface area contributed by atoms with E-state index in [-0.39, 0.29) is 0 Å². The first-order chi connectivity index (χ1) is 35.7. The lowest BCUT2D eigenvalue weighted by atomic mass is 9.82. The molecule has 0 radical (unpaired) electrons. The van der Waals surface area contributed by atoms with E-state index in [1.165, 1.54) is 27.3 Å². The van der Waals surface area contributed by atoms with Crippen molar-refractivity contribution < 1.29 is 17.7 Å². The van der Waals surface area contributed by atoms with Gasteiger partial charge in [0.1, 0.15) is 44.7 Å². The second-order valence-electron chi connectivity index (χ2n) is 19.3. The maximum absolute atomic E-state index is 7.08. The van der Waals surface area contributed by atoms with E-state index in [0.29, 0.717) is 0 Å². The molecular formula is C68H36O4. The Bertz CT molecular complexity index is 5170. The highest BCUT2D eigenvalue weighted by Gasteiger charge is 2.26. The number of hydrogen-bond donors (Lipinski definition) is 0. The summed E-state index contributed by atoms with van der Waals surface area (Å²) in [5, 5.41) is 20.4. The highest BCUT2D eigenvalue weighted by Crippen LogP contribution is 2.52. The zero-order valence-corrected chi connectivity index (χ0v) is 38.4. The van der Waals surface area contributed by atoms with Gasteiger partial charge in [0.25, 0.3) is 0 Å². The summed E-state index contributed by atoms with van der Waals surface area (Å²) in [6.45, 7) is 0. The fraction of sp³-hybridized carbons (Fsp3) is 0. The van der Waals surface area contributed by atoms with Gasteiger partial charge in [-0.1, -0.05) is 170 Å². The van der Waals surface area contributed by atoms with Gasteiger partial charge in [-0.05, 0) is 108 Å². The summed E-state index contributed by atoms with van der Waals surface area (Å²) in [6, 6.07) is 78.3. The quantitative estimate of drug-likeness (QED) is 0.166. The molecule has 332 valence electrons. The number of benzene rings is 13. The molecule has 0 saturated heterocycles. The zero-order chi connectivity index (χ0) is 46.8. The molecule has 4 heterocycles. The highest BCUT2D eigenvalue weighted by molar-refractivity contribution is 6.36. The average Bonchev–Trinajstić information content (AvgIpc) is 4.23. The minimum atomic E-state index is 0.859. The largest absolute Gasteiger partial charge is 0.456 e. The van der Waals surface area contributed by atoms with E-state index in [1.807, 2.05) is 12.1 Å². The molecule has 4 aromatic heterocycles. The van der Waals surface area contributed by atoms with E-state index in [0.717, 1.165) is 148 Å². The van der Waals surface area contributed by atoms with Crippen molar-refractivity contribution in [3.05, 3.63) is 218 Å². The molecule has 0 fully saturated rings. The number of para-hydroxylation sites is 4. The third-order valence-corrected chi connectivity index (χ3v) is 15.6. The van der Waals surface area contributed by atoms with Crippen molar-refractivity contribution in [2.24, 2.45) is 0 Å². The molecule has 0 saturated carbocycles. The second kappa shape index (κ2) is 14.0. The standard InChI is InChI=1S/C68H36O4/c1-2-16-40-39(15-1)41(51-35-37-29-33-57-63(47-21-7-11-25-53(47)69-57)59(37)65-49-23-9-13-27-55(49)71-67(51)65)31-32-46(40)61-42-17-3-5-19-44(42)62(45-20-6-4-18-43(45)61)52-36-38-30-34-58-64(48-22-8-12-26-54(48)70-58)60(38)66-50-24-10-14-28-56(50)72-68(52)66/h1-36H. The van der Waals surface area contributed by atoms with Crippen LogP contribution in [-0.2, 0) is 0 Å². The van der Waals surface area contributed by atoms with Crippen LogP contribution in [0.2, 0.25) is 0 Å². The molecule has 0 spiro atoms. The summed E-state index contributed by atoms with van der Waals surface area (Å²) in [5.41, 5.74) is 13.7. The molecule has 0 aliphatic heterocycles. The Labute approximate surface area is 409 Å². The summed E-state index contributed by atoms with van der Waals surface area (Å²) in [4.78, 5) is 0. The summed E-state index contributed by atoms with van der Waals surface area (Å²) >= 11 is 0.